The molecule has 1 heteroatoms. The number of nitrogens with zero attached hydrogens (tertiary/aromatic N) is 1. The third kappa shape index (κ3) is 3.78. The van der Waals surface area contributed by atoms with Gasteiger partial charge in [-0.25, -0.2) is 0 Å². The maximum absolute atomic E-state index is 2.48. The number of anilines is 3. The standard InChI is InChI=1S/C42H35N/c1-41(2)36-18-11-9-16-34(36)40-37(41)19-12-20-39(40)43(30-23-21-29(22-24-30)28-13-6-5-7-14-28)31-25-26-33-32-15-8-10-17-35(32)42(3,4)38(33)27-31/h5-27H,1-4H3. The van der Waals surface area contributed by atoms with Crippen LogP contribution in [0.2, 0.25) is 0 Å². The van der Waals surface area contributed by atoms with Crippen LogP contribution in [-0.2, 0) is 10.8 Å². The van der Waals surface area contributed by atoms with E-state index in [0.717, 1.165) is 5.69 Å². The van der Waals surface area contributed by atoms with Crippen molar-refractivity contribution in [3.63, 3.8) is 0 Å². The third-order valence-corrected chi connectivity index (χ3v) is 9.88. The Bertz CT molecular complexity index is 2010. The van der Waals surface area contributed by atoms with Gasteiger partial charge >= 0.3 is 0 Å². The molecule has 0 unspecified atom stereocenters. The van der Waals surface area contributed by atoms with Crippen LogP contribution in [0, 0.1) is 0 Å². The fourth-order valence-electron chi connectivity index (χ4n) is 7.61. The second-order valence-corrected chi connectivity index (χ2v) is 13.0. The van der Waals surface area contributed by atoms with Crippen molar-refractivity contribution in [3.05, 3.63) is 162 Å². The van der Waals surface area contributed by atoms with Crippen LogP contribution < -0.4 is 4.90 Å². The summed E-state index contributed by atoms with van der Waals surface area (Å²) in [6, 6.07) is 51.5. The molecule has 2 aliphatic rings. The summed E-state index contributed by atoms with van der Waals surface area (Å²) in [4.78, 5) is 2.48. The summed E-state index contributed by atoms with van der Waals surface area (Å²) in [7, 11) is 0. The van der Waals surface area contributed by atoms with Crippen LogP contribution >= 0.6 is 0 Å². The summed E-state index contributed by atoms with van der Waals surface area (Å²) in [5.41, 5.74) is 16.8. The smallest absolute Gasteiger partial charge is 0.0543 e. The van der Waals surface area contributed by atoms with Gasteiger partial charge < -0.3 is 4.90 Å². The van der Waals surface area contributed by atoms with Gasteiger partial charge in [0.1, 0.15) is 0 Å². The molecule has 0 bridgehead atoms. The lowest BCUT2D eigenvalue weighted by Gasteiger charge is -2.30. The number of benzene rings is 6. The quantitative estimate of drug-likeness (QED) is 0.210. The van der Waals surface area contributed by atoms with Gasteiger partial charge in [-0.15, -0.1) is 0 Å². The van der Waals surface area contributed by atoms with Crippen LogP contribution in [0.25, 0.3) is 33.4 Å². The van der Waals surface area contributed by atoms with Gasteiger partial charge in [-0.1, -0.05) is 137 Å². The fourth-order valence-corrected chi connectivity index (χ4v) is 7.61. The van der Waals surface area contributed by atoms with Crippen molar-refractivity contribution in [2.24, 2.45) is 0 Å². The molecule has 0 N–H and O–H groups in total. The lowest BCUT2D eigenvalue weighted by molar-refractivity contribution is 0.660. The highest BCUT2D eigenvalue weighted by Gasteiger charge is 2.39. The van der Waals surface area contributed by atoms with Crippen molar-refractivity contribution < 1.29 is 0 Å². The minimum absolute atomic E-state index is 0.0632. The average molecular weight is 554 g/mol. The molecule has 43 heavy (non-hydrogen) atoms. The van der Waals surface area contributed by atoms with Crippen LogP contribution in [-0.4, -0.2) is 0 Å². The summed E-state index contributed by atoms with van der Waals surface area (Å²) >= 11 is 0. The maximum atomic E-state index is 2.48. The highest BCUT2D eigenvalue weighted by molar-refractivity contribution is 5.96. The lowest BCUT2D eigenvalue weighted by Crippen LogP contribution is -2.17. The van der Waals surface area contributed by atoms with Gasteiger partial charge in [-0.05, 0) is 80.4 Å². The van der Waals surface area contributed by atoms with E-state index in [-0.39, 0.29) is 10.8 Å². The van der Waals surface area contributed by atoms with Crippen molar-refractivity contribution in [1.29, 1.82) is 0 Å². The highest BCUT2D eigenvalue weighted by atomic mass is 15.1. The minimum Gasteiger partial charge on any atom is -0.310 e. The van der Waals surface area contributed by atoms with E-state index in [2.05, 4.69) is 172 Å². The zero-order valence-electron chi connectivity index (χ0n) is 25.2. The second kappa shape index (κ2) is 9.31. The minimum atomic E-state index is -0.0714. The predicted molar refractivity (Wildman–Crippen MR) is 182 cm³/mol. The summed E-state index contributed by atoms with van der Waals surface area (Å²) in [6.07, 6.45) is 0. The SMILES string of the molecule is CC1(C)c2ccccc2-c2ccc(N(c3ccc(-c4ccccc4)cc3)c3cccc4c3-c3ccccc3C4(C)C)cc21. The van der Waals surface area contributed by atoms with Gasteiger partial charge in [0.15, 0.2) is 0 Å². The van der Waals surface area contributed by atoms with E-state index >= 15 is 0 Å². The van der Waals surface area contributed by atoms with Gasteiger partial charge in [0.25, 0.3) is 0 Å². The molecule has 2 aliphatic carbocycles. The van der Waals surface area contributed by atoms with Crippen molar-refractivity contribution in [3.8, 4) is 33.4 Å². The number of fused-ring (bicyclic) bond motifs is 6. The van der Waals surface area contributed by atoms with E-state index in [9.17, 15) is 0 Å². The summed E-state index contributed by atoms with van der Waals surface area (Å²) in [5, 5.41) is 0. The molecule has 0 radical (unpaired) electrons. The van der Waals surface area contributed by atoms with Crippen LogP contribution in [0.5, 0.6) is 0 Å². The van der Waals surface area contributed by atoms with E-state index < -0.39 is 0 Å². The first-order valence-corrected chi connectivity index (χ1v) is 15.3. The molecule has 0 fully saturated rings. The van der Waals surface area contributed by atoms with Crippen molar-refractivity contribution in [2.75, 3.05) is 4.90 Å². The molecule has 6 aromatic carbocycles. The van der Waals surface area contributed by atoms with E-state index in [0.29, 0.717) is 0 Å². The van der Waals surface area contributed by atoms with Crippen LogP contribution in [0.1, 0.15) is 49.9 Å². The summed E-state index contributed by atoms with van der Waals surface area (Å²) in [6.45, 7) is 9.43. The van der Waals surface area contributed by atoms with Gasteiger partial charge in [-0.2, -0.15) is 0 Å². The molecule has 0 aliphatic heterocycles. The van der Waals surface area contributed by atoms with Gasteiger partial charge in [0.2, 0.25) is 0 Å². The molecule has 1 nitrogen and oxygen atoms in total. The number of rotatable bonds is 4. The predicted octanol–water partition coefficient (Wildman–Crippen LogP) is 11.4. The molecule has 6 aromatic rings. The molecule has 0 heterocycles. The van der Waals surface area contributed by atoms with Gasteiger partial charge in [0, 0.05) is 27.8 Å². The Kier molecular flexibility index (Phi) is 5.59. The Morgan fingerprint density at radius 1 is 0.395 bits per heavy atom. The third-order valence-electron chi connectivity index (χ3n) is 9.88. The second-order valence-electron chi connectivity index (χ2n) is 13.0. The molecule has 0 amide bonds. The van der Waals surface area contributed by atoms with Crippen LogP contribution in [0.3, 0.4) is 0 Å². The Hall–Kier alpha value is -4.88. The van der Waals surface area contributed by atoms with Crippen molar-refractivity contribution >= 4 is 17.1 Å². The van der Waals surface area contributed by atoms with Crippen molar-refractivity contribution in [1.82, 2.24) is 0 Å². The average Bonchev–Trinajstić information content (AvgIpc) is 3.42. The van der Waals surface area contributed by atoms with E-state index in [1.807, 2.05) is 0 Å². The highest BCUT2D eigenvalue weighted by Crippen LogP contribution is 2.55. The van der Waals surface area contributed by atoms with Gasteiger partial charge in [0.05, 0.1) is 5.69 Å². The zero-order chi connectivity index (χ0) is 29.3. The van der Waals surface area contributed by atoms with E-state index in [4.69, 9.17) is 0 Å². The molecule has 208 valence electrons. The van der Waals surface area contributed by atoms with E-state index in [1.165, 1.54) is 67.0 Å². The van der Waals surface area contributed by atoms with Crippen molar-refractivity contribution in [2.45, 2.75) is 38.5 Å². The topological polar surface area (TPSA) is 3.24 Å². The maximum Gasteiger partial charge on any atom is 0.0543 e. The molecular formula is C42H35N. The molecule has 0 saturated heterocycles. The first kappa shape index (κ1) is 25.8. The Labute approximate surface area is 255 Å². The Morgan fingerprint density at radius 3 is 1.67 bits per heavy atom. The summed E-state index contributed by atoms with van der Waals surface area (Å²) < 4.78 is 0. The molecule has 0 aromatic heterocycles. The number of hydrogen-bond donors (Lipinski definition) is 0. The van der Waals surface area contributed by atoms with E-state index in [1.54, 1.807) is 0 Å². The largest absolute Gasteiger partial charge is 0.310 e. The van der Waals surface area contributed by atoms with Crippen LogP contribution in [0.15, 0.2) is 140 Å². The normalized spacial score (nSPS) is 14.9. The molecule has 0 saturated carbocycles. The van der Waals surface area contributed by atoms with Crippen LogP contribution in [0.4, 0.5) is 17.1 Å². The first-order chi connectivity index (χ1) is 20.9. The Morgan fingerprint density at radius 2 is 0.930 bits per heavy atom. The zero-order valence-corrected chi connectivity index (χ0v) is 25.2. The molecule has 0 atom stereocenters. The summed E-state index contributed by atoms with van der Waals surface area (Å²) in [5.74, 6) is 0. The van der Waals surface area contributed by atoms with Gasteiger partial charge in [-0.3, -0.25) is 0 Å². The first-order valence-electron chi connectivity index (χ1n) is 15.3. The Balaban J connectivity index is 1.35. The molecule has 0 spiro atoms. The molecular weight excluding hydrogens is 518 g/mol. The fraction of sp³-hybridized carbons (Fsp3) is 0.143. The monoisotopic (exact) mass is 553 g/mol. The molecule has 8 rings (SSSR count). The number of hydrogen-bond acceptors (Lipinski definition) is 1. The lowest BCUT2D eigenvalue weighted by atomic mass is 9.82.